The predicted molar refractivity (Wildman–Crippen MR) is 50.7 cm³/mol. The standard InChI is InChI=1S/C7H15N5/c1-8-5-4-11-6(9-2)7(10-3)12-5/h5,8H,4H2,1-3H3,(H,9,11)(H,10,12). The number of likely N-dealkylation sites (N-methyl/N-ethyl adjacent to an activating group) is 1. The Hall–Kier alpha value is -1.10. The van der Waals surface area contributed by atoms with E-state index in [1.165, 1.54) is 0 Å². The van der Waals surface area contributed by atoms with Crippen LogP contribution < -0.4 is 16.0 Å². The number of amidine groups is 2. The smallest absolute Gasteiger partial charge is 0.165 e. The van der Waals surface area contributed by atoms with E-state index in [-0.39, 0.29) is 6.17 Å². The van der Waals surface area contributed by atoms with Gasteiger partial charge in [0.05, 0.1) is 6.17 Å². The van der Waals surface area contributed by atoms with Crippen LogP contribution in [0.15, 0.2) is 9.98 Å². The second-order valence-corrected chi connectivity index (χ2v) is 2.51. The first-order chi connectivity index (χ1) is 5.81. The summed E-state index contributed by atoms with van der Waals surface area (Å²) in [4.78, 5) is 8.12. The van der Waals surface area contributed by atoms with E-state index in [4.69, 9.17) is 0 Å². The lowest BCUT2D eigenvalue weighted by molar-refractivity contribution is 0.509. The Labute approximate surface area is 72.4 Å². The Kier molecular flexibility index (Phi) is 3.04. The van der Waals surface area contributed by atoms with Crippen molar-refractivity contribution in [1.82, 2.24) is 16.0 Å². The molecule has 5 heteroatoms. The monoisotopic (exact) mass is 169 g/mol. The molecule has 1 fully saturated rings. The van der Waals surface area contributed by atoms with Gasteiger partial charge < -0.3 is 10.6 Å². The molecule has 0 aromatic carbocycles. The van der Waals surface area contributed by atoms with Crippen LogP contribution in [-0.2, 0) is 0 Å². The largest absolute Gasteiger partial charge is 0.364 e. The summed E-state index contributed by atoms with van der Waals surface area (Å²) in [6.45, 7) is 0.822. The van der Waals surface area contributed by atoms with Crippen molar-refractivity contribution in [3.05, 3.63) is 0 Å². The van der Waals surface area contributed by atoms with Crippen LogP contribution in [0.5, 0.6) is 0 Å². The van der Waals surface area contributed by atoms with Crippen LogP contribution in [0.25, 0.3) is 0 Å². The van der Waals surface area contributed by atoms with Crippen molar-refractivity contribution in [3.8, 4) is 0 Å². The predicted octanol–water partition coefficient (Wildman–Crippen LogP) is -1.22. The number of hydrogen-bond donors (Lipinski definition) is 3. The molecule has 12 heavy (non-hydrogen) atoms. The number of nitrogens with zero attached hydrogens (tertiary/aromatic N) is 2. The minimum atomic E-state index is 0.231. The van der Waals surface area contributed by atoms with Gasteiger partial charge in [0.25, 0.3) is 0 Å². The minimum Gasteiger partial charge on any atom is -0.364 e. The average Bonchev–Trinajstić information content (AvgIpc) is 2.16. The highest BCUT2D eigenvalue weighted by Gasteiger charge is 2.18. The summed E-state index contributed by atoms with van der Waals surface area (Å²) < 4.78 is 0. The normalized spacial score (nSPS) is 30.1. The van der Waals surface area contributed by atoms with Gasteiger partial charge in [-0.15, -0.1) is 0 Å². The SMILES string of the molecule is CN=C1NCC(NC)NC1=NC. The summed E-state index contributed by atoms with van der Waals surface area (Å²) in [7, 11) is 5.39. The maximum atomic E-state index is 4.07. The van der Waals surface area contributed by atoms with Crippen LogP contribution in [0.2, 0.25) is 0 Å². The highest BCUT2D eigenvalue weighted by molar-refractivity contribution is 6.40. The average molecular weight is 169 g/mol. The van der Waals surface area contributed by atoms with Crippen LogP contribution in [0.3, 0.4) is 0 Å². The number of piperazine rings is 1. The number of rotatable bonds is 1. The molecule has 3 N–H and O–H groups in total. The Bertz CT molecular complexity index is 208. The third-order valence-electron chi connectivity index (χ3n) is 1.80. The molecule has 0 aromatic heterocycles. The summed E-state index contributed by atoms with van der Waals surface area (Å²) in [6, 6.07) is 0. The second kappa shape index (κ2) is 4.06. The first kappa shape index (κ1) is 8.99. The molecule has 1 saturated heterocycles. The van der Waals surface area contributed by atoms with Gasteiger partial charge in [-0.3, -0.25) is 15.3 Å². The van der Waals surface area contributed by atoms with Crippen LogP contribution in [0, 0.1) is 0 Å². The van der Waals surface area contributed by atoms with Gasteiger partial charge in [0, 0.05) is 20.6 Å². The lowest BCUT2D eigenvalue weighted by Gasteiger charge is -2.27. The molecule has 1 atom stereocenters. The van der Waals surface area contributed by atoms with Gasteiger partial charge in [-0.1, -0.05) is 0 Å². The molecule has 68 valence electrons. The maximum Gasteiger partial charge on any atom is 0.165 e. The van der Waals surface area contributed by atoms with Gasteiger partial charge in [-0.05, 0) is 7.05 Å². The highest BCUT2D eigenvalue weighted by atomic mass is 15.2. The van der Waals surface area contributed by atoms with Gasteiger partial charge in [-0.2, -0.15) is 0 Å². The molecule has 0 saturated carbocycles. The fourth-order valence-corrected chi connectivity index (χ4v) is 1.10. The molecule has 0 amide bonds. The van der Waals surface area contributed by atoms with Crippen molar-refractivity contribution >= 4 is 11.7 Å². The summed E-state index contributed by atoms with van der Waals surface area (Å²) in [6.07, 6.45) is 0.231. The third-order valence-corrected chi connectivity index (χ3v) is 1.80. The van der Waals surface area contributed by atoms with E-state index in [9.17, 15) is 0 Å². The van der Waals surface area contributed by atoms with Crippen molar-refractivity contribution in [3.63, 3.8) is 0 Å². The molecule has 1 aliphatic heterocycles. The maximum absolute atomic E-state index is 4.07. The number of hydrogen-bond acceptors (Lipinski definition) is 3. The van der Waals surface area contributed by atoms with Gasteiger partial charge in [0.1, 0.15) is 0 Å². The molecule has 1 unspecified atom stereocenters. The van der Waals surface area contributed by atoms with E-state index < -0.39 is 0 Å². The molecule has 0 aromatic rings. The van der Waals surface area contributed by atoms with Gasteiger partial charge in [-0.25, -0.2) is 0 Å². The van der Waals surface area contributed by atoms with E-state index in [2.05, 4.69) is 25.9 Å². The molecule has 0 aliphatic carbocycles. The summed E-state index contributed by atoms with van der Waals surface area (Å²) >= 11 is 0. The summed E-state index contributed by atoms with van der Waals surface area (Å²) in [5, 5.41) is 9.47. The quantitative estimate of drug-likeness (QED) is 0.461. The zero-order valence-corrected chi connectivity index (χ0v) is 7.68. The number of aliphatic imine (C=N–C) groups is 2. The first-order valence-corrected chi connectivity index (χ1v) is 3.93. The Morgan fingerprint density at radius 3 is 2.50 bits per heavy atom. The van der Waals surface area contributed by atoms with E-state index >= 15 is 0 Å². The van der Waals surface area contributed by atoms with Crippen LogP contribution in [-0.4, -0.2) is 45.5 Å². The molecule has 0 radical (unpaired) electrons. The molecule has 1 aliphatic rings. The molecular weight excluding hydrogens is 154 g/mol. The highest BCUT2D eigenvalue weighted by Crippen LogP contribution is 1.88. The number of nitrogens with one attached hydrogen (secondary N) is 3. The molecular formula is C7H15N5. The Morgan fingerprint density at radius 1 is 1.33 bits per heavy atom. The minimum absolute atomic E-state index is 0.231. The Balaban J connectivity index is 2.67. The lowest BCUT2D eigenvalue weighted by atomic mass is 10.3. The third kappa shape index (κ3) is 1.73. The van der Waals surface area contributed by atoms with Crippen molar-refractivity contribution in [1.29, 1.82) is 0 Å². The van der Waals surface area contributed by atoms with Crippen molar-refractivity contribution < 1.29 is 0 Å². The van der Waals surface area contributed by atoms with Gasteiger partial charge in [0.15, 0.2) is 11.7 Å². The molecule has 0 bridgehead atoms. The van der Waals surface area contributed by atoms with E-state index in [1.807, 2.05) is 7.05 Å². The summed E-state index contributed by atoms with van der Waals surface area (Å²) in [5.41, 5.74) is 0. The van der Waals surface area contributed by atoms with Gasteiger partial charge in [0.2, 0.25) is 0 Å². The zero-order valence-electron chi connectivity index (χ0n) is 7.68. The van der Waals surface area contributed by atoms with E-state index in [1.54, 1.807) is 14.1 Å². The van der Waals surface area contributed by atoms with Crippen LogP contribution >= 0.6 is 0 Å². The van der Waals surface area contributed by atoms with Crippen LogP contribution in [0.4, 0.5) is 0 Å². The zero-order chi connectivity index (χ0) is 8.97. The molecule has 0 spiro atoms. The van der Waals surface area contributed by atoms with E-state index in [0.29, 0.717) is 0 Å². The Morgan fingerprint density at radius 2 is 2.00 bits per heavy atom. The fourth-order valence-electron chi connectivity index (χ4n) is 1.10. The van der Waals surface area contributed by atoms with Crippen molar-refractivity contribution in [2.24, 2.45) is 9.98 Å². The molecule has 1 rings (SSSR count). The van der Waals surface area contributed by atoms with Gasteiger partial charge >= 0.3 is 0 Å². The first-order valence-electron chi connectivity index (χ1n) is 3.93. The fraction of sp³-hybridized carbons (Fsp3) is 0.714. The van der Waals surface area contributed by atoms with Crippen LogP contribution in [0.1, 0.15) is 0 Å². The van der Waals surface area contributed by atoms with Crippen molar-refractivity contribution in [2.45, 2.75) is 6.17 Å². The molecule has 5 nitrogen and oxygen atoms in total. The topological polar surface area (TPSA) is 60.8 Å². The molecule has 1 heterocycles. The van der Waals surface area contributed by atoms with E-state index in [0.717, 1.165) is 18.2 Å². The second-order valence-electron chi connectivity index (χ2n) is 2.51. The summed E-state index contributed by atoms with van der Waals surface area (Å²) in [5.74, 6) is 1.63. The lowest BCUT2D eigenvalue weighted by Crippen LogP contribution is -2.60. The van der Waals surface area contributed by atoms with Crippen molar-refractivity contribution in [2.75, 3.05) is 27.7 Å².